The molecule has 35 heavy (non-hydrogen) atoms. The van der Waals surface area contributed by atoms with E-state index in [1.54, 1.807) is 24.4 Å². The van der Waals surface area contributed by atoms with Gasteiger partial charge in [0.1, 0.15) is 11.6 Å². The summed E-state index contributed by atoms with van der Waals surface area (Å²) in [5.41, 5.74) is 10.4. The van der Waals surface area contributed by atoms with Gasteiger partial charge in [-0.2, -0.15) is 0 Å². The van der Waals surface area contributed by atoms with Crippen molar-refractivity contribution in [1.29, 1.82) is 0 Å². The van der Waals surface area contributed by atoms with Crippen LogP contribution in [0.1, 0.15) is 59.7 Å². The molecule has 0 spiro atoms. The van der Waals surface area contributed by atoms with Crippen molar-refractivity contribution in [3.05, 3.63) is 88.6 Å². The second kappa shape index (κ2) is 11.3. The number of amides is 1. The number of nitrogens with zero attached hydrogens (tertiary/aromatic N) is 1. The number of nitrogen functional groups attached to an aromatic ring is 1. The number of aromatic hydroxyl groups is 1. The minimum atomic E-state index is -0.660. The van der Waals surface area contributed by atoms with Gasteiger partial charge in [-0.1, -0.05) is 42.5 Å². The number of aliphatic hydroxyl groups is 1. The number of nitrogens with two attached hydrogens (primary N) is 1. The number of carbonyl (C=O) groups is 1. The molecule has 3 aromatic rings. The highest BCUT2D eigenvalue weighted by Crippen LogP contribution is 2.34. The van der Waals surface area contributed by atoms with E-state index in [-0.39, 0.29) is 18.0 Å². The van der Waals surface area contributed by atoms with Gasteiger partial charge in [0, 0.05) is 24.3 Å². The Labute approximate surface area is 206 Å². The maximum absolute atomic E-state index is 12.8. The largest absolute Gasteiger partial charge is 0.508 e. The maximum Gasteiger partial charge on any atom is 0.224 e. The first-order valence-electron chi connectivity index (χ1n) is 12.2. The van der Waals surface area contributed by atoms with E-state index in [0.29, 0.717) is 24.5 Å². The molecule has 1 amide bonds. The van der Waals surface area contributed by atoms with Gasteiger partial charge in [0.05, 0.1) is 18.6 Å². The van der Waals surface area contributed by atoms with Crippen molar-refractivity contribution in [1.82, 2.24) is 15.6 Å². The first kappa shape index (κ1) is 24.7. The molecule has 184 valence electrons. The summed E-state index contributed by atoms with van der Waals surface area (Å²) in [6.45, 7) is 2.48. The summed E-state index contributed by atoms with van der Waals surface area (Å²) in [6.07, 6.45) is 4.68. The molecular formula is C28H34N4O3. The Hall–Kier alpha value is -3.42. The summed E-state index contributed by atoms with van der Waals surface area (Å²) < 4.78 is 0. The van der Waals surface area contributed by atoms with Crippen molar-refractivity contribution in [3.8, 4) is 5.75 Å². The van der Waals surface area contributed by atoms with E-state index in [1.165, 1.54) is 0 Å². The van der Waals surface area contributed by atoms with Crippen LogP contribution in [0.3, 0.4) is 0 Å². The second-order valence-electron chi connectivity index (χ2n) is 9.40. The molecule has 0 radical (unpaired) electrons. The molecule has 7 heteroatoms. The van der Waals surface area contributed by atoms with Crippen LogP contribution in [0.2, 0.25) is 0 Å². The fourth-order valence-corrected chi connectivity index (χ4v) is 4.75. The van der Waals surface area contributed by atoms with Gasteiger partial charge in [0.2, 0.25) is 5.91 Å². The minimum Gasteiger partial charge on any atom is -0.508 e. The molecule has 1 aliphatic carbocycles. The molecule has 0 fully saturated rings. The van der Waals surface area contributed by atoms with Crippen molar-refractivity contribution in [3.63, 3.8) is 0 Å². The van der Waals surface area contributed by atoms with E-state index in [9.17, 15) is 15.0 Å². The predicted octanol–water partition coefficient (Wildman–Crippen LogP) is 3.36. The Morgan fingerprint density at radius 1 is 1.17 bits per heavy atom. The summed E-state index contributed by atoms with van der Waals surface area (Å²) in [4.78, 5) is 16.8. The molecule has 0 saturated heterocycles. The highest BCUT2D eigenvalue weighted by atomic mass is 16.3. The highest BCUT2D eigenvalue weighted by molar-refractivity contribution is 5.79. The summed E-state index contributed by atoms with van der Waals surface area (Å²) in [7, 11) is 0. The van der Waals surface area contributed by atoms with Crippen LogP contribution in [0, 0.1) is 0 Å². The van der Waals surface area contributed by atoms with E-state index >= 15 is 0 Å². The fraction of sp³-hybridized carbons (Fsp3) is 0.357. The number of fused-ring (bicyclic) bond motifs is 1. The number of hydrogen-bond acceptors (Lipinski definition) is 6. The average Bonchev–Trinajstić information content (AvgIpc) is 2.84. The Bertz CT molecular complexity index is 1150. The molecule has 0 saturated carbocycles. The van der Waals surface area contributed by atoms with Gasteiger partial charge in [-0.25, -0.2) is 4.98 Å². The molecule has 7 nitrogen and oxygen atoms in total. The number of carbonyl (C=O) groups excluding carboxylic acids is 1. The molecule has 6 N–H and O–H groups in total. The molecule has 1 heterocycles. The van der Waals surface area contributed by atoms with Gasteiger partial charge < -0.3 is 26.6 Å². The van der Waals surface area contributed by atoms with E-state index in [1.807, 2.05) is 24.3 Å². The van der Waals surface area contributed by atoms with Gasteiger partial charge >= 0.3 is 0 Å². The number of nitrogens with one attached hydrogen (secondary N) is 2. The number of hydrogen-bond donors (Lipinski definition) is 5. The van der Waals surface area contributed by atoms with Crippen LogP contribution >= 0.6 is 0 Å². The zero-order chi connectivity index (χ0) is 24.8. The topological polar surface area (TPSA) is 120 Å². The third kappa shape index (κ3) is 6.59. The number of rotatable bonds is 9. The molecule has 1 aromatic heterocycles. The monoisotopic (exact) mass is 474 g/mol. The lowest BCUT2D eigenvalue weighted by Crippen LogP contribution is -2.32. The summed E-state index contributed by atoms with van der Waals surface area (Å²) in [5, 5.41) is 27.0. The van der Waals surface area contributed by atoms with Crippen LogP contribution in [0.5, 0.6) is 5.75 Å². The third-order valence-electron chi connectivity index (χ3n) is 6.57. The van der Waals surface area contributed by atoms with Gasteiger partial charge in [0.25, 0.3) is 0 Å². The predicted molar refractivity (Wildman–Crippen MR) is 137 cm³/mol. The Balaban J connectivity index is 1.29. The zero-order valence-corrected chi connectivity index (χ0v) is 20.1. The SMILES string of the molecule is C[C@H](Cc1cccc(CC(=O)NC2CCCc3c(O)cccc32)c1)NC[C@H](O)c1ccc(N)nc1. The zero-order valence-electron chi connectivity index (χ0n) is 20.1. The first-order chi connectivity index (χ1) is 16.9. The number of phenolic OH excluding ortho intramolecular Hbond substituents is 1. The van der Waals surface area contributed by atoms with Crippen molar-refractivity contribution in [2.75, 3.05) is 12.3 Å². The van der Waals surface area contributed by atoms with Crippen LogP contribution in [0.25, 0.3) is 0 Å². The first-order valence-corrected chi connectivity index (χ1v) is 12.2. The van der Waals surface area contributed by atoms with Crippen LogP contribution in [-0.4, -0.2) is 33.7 Å². The number of anilines is 1. The Kier molecular flexibility index (Phi) is 8.00. The van der Waals surface area contributed by atoms with E-state index < -0.39 is 6.10 Å². The summed E-state index contributed by atoms with van der Waals surface area (Å²) >= 11 is 0. The maximum atomic E-state index is 12.8. The Morgan fingerprint density at radius 3 is 2.77 bits per heavy atom. The average molecular weight is 475 g/mol. The fourth-order valence-electron chi connectivity index (χ4n) is 4.75. The van der Waals surface area contributed by atoms with Gasteiger partial charge in [-0.05, 0) is 67.0 Å². The van der Waals surface area contributed by atoms with E-state index in [4.69, 9.17) is 5.73 Å². The molecule has 1 unspecified atom stereocenters. The number of aromatic nitrogens is 1. The van der Waals surface area contributed by atoms with E-state index in [2.05, 4.69) is 34.7 Å². The number of pyridine rings is 1. The molecule has 0 aliphatic heterocycles. The van der Waals surface area contributed by atoms with E-state index in [0.717, 1.165) is 53.5 Å². The standard InChI is InChI=1S/C28H34N4O3/c1-18(30-17-26(34)21-11-12-27(29)31-16-21)13-19-5-2-6-20(14-19)15-28(35)32-24-9-3-8-23-22(24)7-4-10-25(23)33/h2,4-7,10-12,14,16,18,24,26,30,33-34H,3,8-9,13,15,17H2,1H3,(H2,29,31)(H,32,35)/t18-,24?,26+/m1/s1. The summed E-state index contributed by atoms with van der Waals surface area (Å²) in [5.74, 6) is 0.725. The number of benzene rings is 2. The molecular weight excluding hydrogens is 440 g/mol. The molecule has 0 bridgehead atoms. The lowest BCUT2D eigenvalue weighted by molar-refractivity contribution is -0.121. The summed E-state index contributed by atoms with van der Waals surface area (Å²) in [6, 6.07) is 17.2. The van der Waals surface area contributed by atoms with Crippen LogP contribution in [-0.2, 0) is 24.1 Å². The molecule has 1 aliphatic rings. The Morgan fingerprint density at radius 2 is 1.97 bits per heavy atom. The van der Waals surface area contributed by atoms with Gasteiger partial charge in [-0.3, -0.25) is 4.79 Å². The van der Waals surface area contributed by atoms with Crippen molar-refractivity contribution in [2.24, 2.45) is 0 Å². The number of phenols is 1. The van der Waals surface area contributed by atoms with Gasteiger partial charge in [-0.15, -0.1) is 0 Å². The molecule has 3 atom stereocenters. The van der Waals surface area contributed by atoms with Crippen LogP contribution in [0.4, 0.5) is 5.82 Å². The third-order valence-corrected chi connectivity index (χ3v) is 6.57. The van der Waals surface area contributed by atoms with Gasteiger partial charge in [0.15, 0.2) is 0 Å². The lowest BCUT2D eigenvalue weighted by Gasteiger charge is -2.27. The molecule has 4 rings (SSSR count). The quantitative estimate of drug-likeness (QED) is 0.324. The molecule has 2 aromatic carbocycles. The van der Waals surface area contributed by atoms with Crippen molar-refractivity contribution < 1.29 is 15.0 Å². The smallest absolute Gasteiger partial charge is 0.224 e. The van der Waals surface area contributed by atoms with Crippen LogP contribution in [0.15, 0.2) is 60.8 Å². The van der Waals surface area contributed by atoms with Crippen molar-refractivity contribution in [2.45, 2.75) is 57.2 Å². The minimum absolute atomic E-state index is 0.0188. The van der Waals surface area contributed by atoms with Crippen LogP contribution < -0.4 is 16.4 Å². The van der Waals surface area contributed by atoms with Crippen molar-refractivity contribution >= 4 is 11.7 Å². The normalized spacial score (nSPS) is 16.8. The number of aliphatic hydroxyl groups excluding tert-OH is 1. The highest BCUT2D eigenvalue weighted by Gasteiger charge is 2.23. The lowest BCUT2D eigenvalue weighted by atomic mass is 9.87. The second-order valence-corrected chi connectivity index (χ2v) is 9.40.